The molecule has 1 saturated carbocycles. The molecule has 2 rings (SSSR count). The van der Waals surface area contributed by atoms with Crippen LogP contribution in [-0.2, 0) is 9.59 Å². The molecular weight excluding hydrogens is 258 g/mol. The van der Waals surface area contributed by atoms with Gasteiger partial charge in [-0.05, 0) is 26.2 Å². The smallest absolute Gasteiger partial charge is 0.241 e. The van der Waals surface area contributed by atoms with E-state index in [0.29, 0.717) is 31.0 Å². The summed E-state index contributed by atoms with van der Waals surface area (Å²) in [6, 6.07) is 1.64. The Labute approximate surface area is 118 Å². The normalized spacial score (nSPS) is 15.8. The summed E-state index contributed by atoms with van der Waals surface area (Å²) in [7, 11) is 1.76. The maximum absolute atomic E-state index is 12.4. The number of unbranched alkanes of at least 4 members (excludes halogenated alkanes) is 1. The molecule has 1 aromatic rings. The Morgan fingerprint density at radius 1 is 1.50 bits per heavy atom. The maximum atomic E-state index is 12.4. The Morgan fingerprint density at radius 3 is 2.70 bits per heavy atom. The first-order valence-electron chi connectivity index (χ1n) is 7.00. The van der Waals surface area contributed by atoms with Gasteiger partial charge in [0, 0.05) is 19.7 Å². The Kier molecular flexibility index (Phi) is 4.11. The van der Waals surface area contributed by atoms with Crippen LogP contribution in [0.15, 0.2) is 10.6 Å². The minimum atomic E-state index is -0.894. The molecule has 2 amide bonds. The lowest BCUT2D eigenvalue weighted by atomic mass is 10.0. The molecule has 20 heavy (non-hydrogen) atoms. The summed E-state index contributed by atoms with van der Waals surface area (Å²) >= 11 is 0. The van der Waals surface area contributed by atoms with Gasteiger partial charge in [-0.25, -0.2) is 0 Å². The summed E-state index contributed by atoms with van der Waals surface area (Å²) in [5.74, 6) is 0.613. The number of rotatable bonds is 6. The van der Waals surface area contributed by atoms with Crippen LogP contribution in [0.1, 0.15) is 38.4 Å². The van der Waals surface area contributed by atoms with Crippen LogP contribution in [0, 0.1) is 12.3 Å². The van der Waals surface area contributed by atoms with Gasteiger partial charge in [0.1, 0.15) is 11.2 Å². The quantitative estimate of drug-likeness (QED) is 0.808. The predicted octanol–water partition coefficient (Wildman–Crippen LogP) is 1.96. The third-order valence-corrected chi connectivity index (χ3v) is 3.66. The second-order valence-electron chi connectivity index (χ2n) is 5.44. The molecule has 6 heteroatoms. The molecule has 1 N–H and O–H groups in total. The van der Waals surface area contributed by atoms with Crippen LogP contribution >= 0.6 is 0 Å². The van der Waals surface area contributed by atoms with Gasteiger partial charge in [0.05, 0.1) is 0 Å². The molecule has 0 bridgehead atoms. The van der Waals surface area contributed by atoms with E-state index < -0.39 is 5.41 Å². The van der Waals surface area contributed by atoms with E-state index in [0.717, 1.165) is 12.8 Å². The molecule has 6 nitrogen and oxygen atoms in total. The van der Waals surface area contributed by atoms with E-state index in [1.165, 1.54) is 0 Å². The van der Waals surface area contributed by atoms with E-state index in [4.69, 9.17) is 4.52 Å². The predicted molar refractivity (Wildman–Crippen MR) is 74.1 cm³/mol. The lowest BCUT2D eigenvalue weighted by Crippen LogP contribution is -2.41. The first-order chi connectivity index (χ1) is 9.49. The van der Waals surface area contributed by atoms with Crippen LogP contribution < -0.4 is 5.32 Å². The van der Waals surface area contributed by atoms with E-state index >= 15 is 0 Å². The van der Waals surface area contributed by atoms with Crippen molar-refractivity contribution in [3.63, 3.8) is 0 Å². The molecule has 1 aromatic heterocycles. The van der Waals surface area contributed by atoms with Crippen molar-refractivity contribution in [1.82, 2.24) is 10.1 Å². The molecule has 0 aromatic carbocycles. The van der Waals surface area contributed by atoms with Gasteiger partial charge in [-0.15, -0.1) is 0 Å². The van der Waals surface area contributed by atoms with E-state index in [-0.39, 0.29) is 11.8 Å². The molecule has 0 saturated heterocycles. The molecule has 0 spiro atoms. The van der Waals surface area contributed by atoms with Crippen molar-refractivity contribution in [2.75, 3.05) is 18.9 Å². The number of hydrogen-bond donors (Lipinski definition) is 1. The van der Waals surface area contributed by atoms with Gasteiger partial charge in [0.2, 0.25) is 11.8 Å². The maximum Gasteiger partial charge on any atom is 0.241 e. The van der Waals surface area contributed by atoms with Gasteiger partial charge >= 0.3 is 0 Å². The third-order valence-electron chi connectivity index (χ3n) is 3.66. The molecular formula is C14H21N3O3. The van der Waals surface area contributed by atoms with E-state index in [1.807, 2.05) is 0 Å². The summed E-state index contributed by atoms with van der Waals surface area (Å²) < 4.78 is 4.90. The number of hydrogen-bond acceptors (Lipinski definition) is 4. The molecule has 1 aliphatic rings. The van der Waals surface area contributed by atoms with E-state index in [2.05, 4.69) is 17.4 Å². The highest BCUT2D eigenvalue weighted by Crippen LogP contribution is 2.48. The summed E-state index contributed by atoms with van der Waals surface area (Å²) in [5.41, 5.74) is -0.894. The molecule has 0 atom stereocenters. The third kappa shape index (κ3) is 2.84. The highest BCUT2D eigenvalue weighted by molar-refractivity contribution is 6.12. The molecule has 1 aliphatic carbocycles. The van der Waals surface area contributed by atoms with Gasteiger partial charge in [-0.2, -0.15) is 0 Å². The lowest BCUT2D eigenvalue weighted by molar-refractivity contribution is -0.141. The van der Waals surface area contributed by atoms with Crippen molar-refractivity contribution in [3.05, 3.63) is 11.8 Å². The fourth-order valence-electron chi connectivity index (χ4n) is 2.19. The van der Waals surface area contributed by atoms with Crippen LogP contribution in [0.25, 0.3) is 0 Å². The minimum Gasteiger partial charge on any atom is -0.360 e. The van der Waals surface area contributed by atoms with Gasteiger partial charge in [0.25, 0.3) is 0 Å². The summed E-state index contributed by atoms with van der Waals surface area (Å²) in [5, 5.41) is 6.39. The number of anilines is 1. The topological polar surface area (TPSA) is 75.4 Å². The average Bonchev–Trinajstić information content (AvgIpc) is 3.14. The van der Waals surface area contributed by atoms with Crippen molar-refractivity contribution in [2.24, 2.45) is 5.41 Å². The molecule has 0 aliphatic heterocycles. The van der Waals surface area contributed by atoms with E-state index in [9.17, 15) is 9.59 Å². The Bertz CT molecular complexity index is 506. The lowest BCUT2D eigenvalue weighted by Gasteiger charge is -2.22. The first-order valence-corrected chi connectivity index (χ1v) is 7.00. The summed E-state index contributed by atoms with van der Waals surface area (Å²) in [6.07, 6.45) is 3.17. The zero-order valence-electron chi connectivity index (χ0n) is 12.2. The van der Waals surface area contributed by atoms with Crippen LogP contribution in [0.4, 0.5) is 5.82 Å². The molecule has 0 unspecified atom stereocenters. The van der Waals surface area contributed by atoms with Gasteiger partial charge in [-0.1, -0.05) is 18.5 Å². The average molecular weight is 279 g/mol. The molecule has 1 heterocycles. The van der Waals surface area contributed by atoms with E-state index in [1.54, 1.807) is 24.9 Å². The molecule has 0 radical (unpaired) electrons. The summed E-state index contributed by atoms with van der Waals surface area (Å²) in [4.78, 5) is 26.3. The van der Waals surface area contributed by atoms with Gasteiger partial charge in [-0.3, -0.25) is 9.59 Å². The zero-order chi connectivity index (χ0) is 14.8. The monoisotopic (exact) mass is 279 g/mol. The summed E-state index contributed by atoms with van der Waals surface area (Å²) in [6.45, 7) is 4.51. The van der Waals surface area contributed by atoms with Crippen LogP contribution in [-0.4, -0.2) is 35.5 Å². The minimum absolute atomic E-state index is 0.0938. The first kappa shape index (κ1) is 14.6. The number of nitrogens with zero attached hydrogens (tertiary/aromatic N) is 2. The van der Waals surface area contributed by atoms with Gasteiger partial charge < -0.3 is 14.7 Å². The van der Waals surface area contributed by atoms with Crippen molar-refractivity contribution in [3.8, 4) is 0 Å². The zero-order valence-corrected chi connectivity index (χ0v) is 12.2. The second kappa shape index (κ2) is 5.64. The SMILES string of the molecule is CCCCN(C)C(=O)C1(C(=O)Nc2cc(C)on2)CC1. The number of carbonyl (C=O) groups excluding carboxylic acids is 2. The Morgan fingerprint density at radius 2 is 2.20 bits per heavy atom. The Hall–Kier alpha value is -1.85. The molecule has 110 valence electrons. The fourth-order valence-corrected chi connectivity index (χ4v) is 2.19. The van der Waals surface area contributed by atoms with Crippen molar-refractivity contribution in [2.45, 2.75) is 39.5 Å². The largest absolute Gasteiger partial charge is 0.360 e. The Balaban J connectivity index is 1.99. The highest BCUT2D eigenvalue weighted by atomic mass is 16.5. The van der Waals surface area contributed by atoms with Gasteiger partial charge in [0.15, 0.2) is 5.82 Å². The number of aryl methyl sites for hydroxylation is 1. The number of aromatic nitrogens is 1. The standard InChI is InChI=1S/C14H21N3O3/c1-4-5-8-17(3)13(19)14(6-7-14)12(18)15-11-9-10(2)20-16-11/h9H,4-8H2,1-3H3,(H,15,16,18). The second-order valence-corrected chi connectivity index (χ2v) is 5.44. The van der Waals surface area contributed by atoms with Crippen LogP contribution in [0.5, 0.6) is 0 Å². The van der Waals surface area contributed by atoms with Crippen LogP contribution in [0.3, 0.4) is 0 Å². The van der Waals surface area contributed by atoms with Crippen LogP contribution in [0.2, 0.25) is 0 Å². The van der Waals surface area contributed by atoms with Crippen molar-refractivity contribution < 1.29 is 14.1 Å². The van der Waals surface area contributed by atoms with Crippen molar-refractivity contribution >= 4 is 17.6 Å². The number of nitrogens with one attached hydrogen (secondary N) is 1. The number of carbonyl (C=O) groups is 2. The van der Waals surface area contributed by atoms with Crippen molar-refractivity contribution in [1.29, 1.82) is 0 Å². The molecule has 1 fully saturated rings. The highest BCUT2D eigenvalue weighted by Gasteiger charge is 2.57. The fraction of sp³-hybridized carbons (Fsp3) is 0.643. The number of amides is 2.